The second-order valence-electron chi connectivity index (χ2n) is 6.65. The summed E-state index contributed by atoms with van der Waals surface area (Å²) in [6.45, 7) is 6.61. The Balaban J connectivity index is 1.51. The van der Waals surface area contributed by atoms with Gasteiger partial charge in [0.05, 0.1) is 33.2 Å². The van der Waals surface area contributed by atoms with E-state index in [2.05, 4.69) is 15.3 Å². The zero-order chi connectivity index (χ0) is 20.5. The fourth-order valence-electron chi connectivity index (χ4n) is 3.19. The second kappa shape index (κ2) is 7.88. The predicted octanol–water partition coefficient (Wildman–Crippen LogP) is 4.15. The first-order valence-electron chi connectivity index (χ1n) is 9.27. The summed E-state index contributed by atoms with van der Waals surface area (Å²) in [6.07, 6.45) is 0. The molecule has 1 amide bonds. The largest absolute Gasteiger partial charge is 0.347 e. The van der Waals surface area contributed by atoms with Crippen LogP contribution in [0.1, 0.15) is 32.9 Å². The Labute approximate surface area is 175 Å². The van der Waals surface area contributed by atoms with Gasteiger partial charge in [0.1, 0.15) is 5.69 Å². The number of aryl methyl sites for hydroxylation is 3. The second-order valence-corrected chi connectivity index (χ2v) is 8.88. The molecule has 0 unspecified atom stereocenters. The Kier molecular flexibility index (Phi) is 5.29. The molecule has 3 aromatic heterocycles. The Morgan fingerprint density at radius 1 is 1.17 bits per heavy atom. The van der Waals surface area contributed by atoms with Gasteiger partial charge in [-0.05, 0) is 51.1 Å². The van der Waals surface area contributed by atoms with Crippen LogP contribution in [-0.4, -0.2) is 20.4 Å². The molecule has 4 rings (SSSR count). The molecule has 0 radical (unpaired) electrons. The SMILES string of the molecule is CCn1c(=O)c(C)nc2cc(C(=O)NCc3ccc(-c4csc(C)n4)s3)ccc21. The van der Waals surface area contributed by atoms with Gasteiger partial charge in [0, 0.05) is 22.4 Å². The van der Waals surface area contributed by atoms with Crippen LogP contribution < -0.4 is 10.9 Å². The van der Waals surface area contributed by atoms with Gasteiger partial charge in [-0.1, -0.05) is 0 Å². The standard InChI is InChI=1S/C21H20N4O2S2/c1-4-25-18-7-5-14(9-16(18)23-12(2)21(25)27)20(26)22-10-15-6-8-19(29-15)17-11-28-13(3)24-17/h5-9,11H,4,10H2,1-3H3,(H,22,26). The van der Waals surface area contributed by atoms with E-state index in [1.165, 1.54) is 0 Å². The number of rotatable bonds is 5. The van der Waals surface area contributed by atoms with Gasteiger partial charge in [0.25, 0.3) is 11.5 Å². The lowest BCUT2D eigenvalue weighted by Gasteiger charge is -2.10. The molecule has 0 aliphatic heterocycles. The number of nitrogens with zero attached hydrogens (tertiary/aromatic N) is 3. The highest BCUT2D eigenvalue weighted by molar-refractivity contribution is 7.16. The molecule has 4 aromatic rings. The molecule has 0 aliphatic rings. The summed E-state index contributed by atoms with van der Waals surface area (Å²) < 4.78 is 1.67. The molecule has 3 heterocycles. The average Bonchev–Trinajstić information content (AvgIpc) is 3.35. The zero-order valence-electron chi connectivity index (χ0n) is 16.4. The van der Waals surface area contributed by atoms with Crippen LogP contribution in [0, 0.1) is 13.8 Å². The van der Waals surface area contributed by atoms with Crippen molar-refractivity contribution in [2.45, 2.75) is 33.9 Å². The maximum atomic E-state index is 12.6. The normalized spacial score (nSPS) is 11.1. The lowest BCUT2D eigenvalue weighted by atomic mass is 10.1. The number of thiazole rings is 1. The monoisotopic (exact) mass is 424 g/mol. The molecule has 1 aromatic carbocycles. The summed E-state index contributed by atoms with van der Waals surface area (Å²) >= 11 is 3.25. The van der Waals surface area contributed by atoms with Gasteiger partial charge in [0.15, 0.2) is 0 Å². The van der Waals surface area contributed by atoms with Crippen molar-refractivity contribution in [2.75, 3.05) is 0 Å². The third kappa shape index (κ3) is 3.86. The molecule has 148 valence electrons. The topological polar surface area (TPSA) is 76.9 Å². The van der Waals surface area contributed by atoms with E-state index in [0.717, 1.165) is 26.0 Å². The first kappa shape index (κ1) is 19.5. The summed E-state index contributed by atoms with van der Waals surface area (Å²) in [5, 5.41) is 6.05. The first-order chi connectivity index (χ1) is 14.0. The van der Waals surface area contributed by atoms with Gasteiger partial charge < -0.3 is 9.88 Å². The summed E-state index contributed by atoms with van der Waals surface area (Å²) in [5.74, 6) is -0.167. The molecular formula is C21H20N4O2S2. The van der Waals surface area contributed by atoms with Crippen molar-refractivity contribution in [3.05, 3.63) is 67.2 Å². The van der Waals surface area contributed by atoms with E-state index in [1.807, 2.05) is 31.4 Å². The molecule has 0 saturated heterocycles. The van der Waals surface area contributed by atoms with E-state index in [4.69, 9.17) is 0 Å². The third-order valence-corrected chi connectivity index (χ3v) is 6.52. The number of benzene rings is 1. The number of aromatic nitrogens is 3. The van der Waals surface area contributed by atoms with Crippen molar-refractivity contribution in [3.63, 3.8) is 0 Å². The molecule has 0 atom stereocenters. The fraction of sp³-hybridized carbons (Fsp3) is 0.238. The van der Waals surface area contributed by atoms with Crippen molar-refractivity contribution >= 4 is 39.6 Å². The number of fused-ring (bicyclic) bond motifs is 1. The van der Waals surface area contributed by atoms with Gasteiger partial charge in [-0.15, -0.1) is 22.7 Å². The van der Waals surface area contributed by atoms with Crippen LogP contribution in [0.15, 0.2) is 40.5 Å². The Morgan fingerprint density at radius 3 is 2.72 bits per heavy atom. The molecule has 0 saturated carbocycles. The van der Waals surface area contributed by atoms with Gasteiger partial charge in [-0.25, -0.2) is 9.97 Å². The molecule has 0 bridgehead atoms. The maximum absolute atomic E-state index is 12.6. The maximum Gasteiger partial charge on any atom is 0.272 e. The molecule has 1 N–H and O–H groups in total. The first-order valence-corrected chi connectivity index (χ1v) is 11.0. The smallest absolute Gasteiger partial charge is 0.272 e. The molecule has 0 fully saturated rings. The lowest BCUT2D eigenvalue weighted by Crippen LogP contribution is -2.24. The lowest BCUT2D eigenvalue weighted by molar-refractivity contribution is 0.0951. The zero-order valence-corrected chi connectivity index (χ0v) is 18.0. The number of carbonyl (C=O) groups excluding carboxylic acids is 1. The quantitative estimate of drug-likeness (QED) is 0.522. The van der Waals surface area contributed by atoms with Crippen molar-refractivity contribution in [2.24, 2.45) is 0 Å². The van der Waals surface area contributed by atoms with Crippen LogP contribution in [0.2, 0.25) is 0 Å². The van der Waals surface area contributed by atoms with E-state index in [1.54, 1.807) is 52.4 Å². The molecule has 0 aliphatic carbocycles. The Bertz CT molecular complexity index is 1270. The average molecular weight is 425 g/mol. The molecule has 6 nitrogen and oxygen atoms in total. The van der Waals surface area contributed by atoms with Crippen LogP contribution in [0.25, 0.3) is 21.6 Å². The number of thiophene rings is 1. The van der Waals surface area contributed by atoms with Crippen LogP contribution in [0.4, 0.5) is 0 Å². The number of hydrogen-bond acceptors (Lipinski definition) is 6. The molecule has 8 heteroatoms. The third-order valence-electron chi connectivity index (χ3n) is 4.64. The highest BCUT2D eigenvalue weighted by atomic mass is 32.1. The minimum atomic E-state index is -0.167. The molecule has 0 spiro atoms. The van der Waals surface area contributed by atoms with Crippen LogP contribution in [-0.2, 0) is 13.1 Å². The number of nitrogens with one attached hydrogen (secondary N) is 1. The Morgan fingerprint density at radius 2 is 2.00 bits per heavy atom. The summed E-state index contributed by atoms with van der Waals surface area (Å²) in [5.41, 5.74) is 3.22. The van der Waals surface area contributed by atoms with Gasteiger partial charge in [0.2, 0.25) is 0 Å². The Hall–Kier alpha value is -2.84. The van der Waals surface area contributed by atoms with E-state index in [-0.39, 0.29) is 11.5 Å². The van der Waals surface area contributed by atoms with Gasteiger partial charge >= 0.3 is 0 Å². The van der Waals surface area contributed by atoms with E-state index in [0.29, 0.717) is 29.9 Å². The fourth-order valence-corrected chi connectivity index (χ4v) is 4.78. The van der Waals surface area contributed by atoms with Gasteiger partial charge in [-0.3, -0.25) is 9.59 Å². The van der Waals surface area contributed by atoms with Crippen LogP contribution >= 0.6 is 22.7 Å². The van der Waals surface area contributed by atoms with Crippen LogP contribution in [0.5, 0.6) is 0 Å². The highest BCUT2D eigenvalue weighted by Crippen LogP contribution is 2.29. The minimum absolute atomic E-state index is 0.0963. The summed E-state index contributed by atoms with van der Waals surface area (Å²) in [4.78, 5) is 35.9. The predicted molar refractivity (Wildman–Crippen MR) is 118 cm³/mol. The number of carbonyl (C=O) groups is 1. The van der Waals surface area contributed by atoms with E-state index in [9.17, 15) is 9.59 Å². The van der Waals surface area contributed by atoms with Crippen molar-refractivity contribution in [3.8, 4) is 10.6 Å². The number of amides is 1. The molecule has 29 heavy (non-hydrogen) atoms. The molecular weight excluding hydrogens is 404 g/mol. The summed E-state index contributed by atoms with van der Waals surface area (Å²) in [6, 6.07) is 9.31. The van der Waals surface area contributed by atoms with E-state index < -0.39 is 0 Å². The summed E-state index contributed by atoms with van der Waals surface area (Å²) in [7, 11) is 0. The highest BCUT2D eigenvalue weighted by Gasteiger charge is 2.12. The van der Waals surface area contributed by atoms with Gasteiger partial charge in [-0.2, -0.15) is 0 Å². The van der Waals surface area contributed by atoms with Crippen molar-refractivity contribution < 1.29 is 4.79 Å². The van der Waals surface area contributed by atoms with E-state index >= 15 is 0 Å². The van der Waals surface area contributed by atoms with Crippen LogP contribution in [0.3, 0.4) is 0 Å². The van der Waals surface area contributed by atoms with Crippen molar-refractivity contribution in [1.82, 2.24) is 19.9 Å². The van der Waals surface area contributed by atoms with Crippen molar-refractivity contribution in [1.29, 1.82) is 0 Å². The minimum Gasteiger partial charge on any atom is -0.347 e. The number of hydrogen-bond donors (Lipinski definition) is 1.